The van der Waals surface area contributed by atoms with Gasteiger partial charge in [-0.05, 0) is 45.5 Å². The highest BCUT2D eigenvalue weighted by atomic mass is 19.1. The first-order valence-electron chi connectivity index (χ1n) is 10.7. The molecule has 2 aliphatic heterocycles. The summed E-state index contributed by atoms with van der Waals surface area (Å²) in [7, 11) is 4.29. The highest BCUT2D eigenvalue weighted by Crippen LogP contribution is 2.45. The highest BCUT2D eigenvalue weighted by molar-refractivity contribution is 5.86. The minimum absolute atomic E-state index is 0.0204. The van der Waals surface area contributed by atoms with Gasteiger partial charge in [-0.15, -0.1) is 6.58 Å². The Balaban J connectivity index is 1.89. The second kappa shape index (κ2) is 7.95. The summed E-state index contributed by atoms with van der Waals surface area (Å²) >= 11 is 0. The van der Waals surface area contributed by atoms with Crippen molar-refractivity contribution in [2.75, 3.05) is 50.1 Å². The number of hydrogen-bond acceptors (Lipinski definition) is 4. The van der Waals surface area contributed by atoms with Crippen molar-refractivity contribution in [3.63, 3.8) is 0 Å². The molecule has 2 heterocycles. The topological polar surface area (TPSA) is 19.0 Å². The molecular formula is C25H32FN3O. The zero-order valence-electron chi connectivity index (χ0n) is 18.5. The normalized spacial score (nSPS) is 22.4. The van der Waals surface area contributed by atoms with Gasteiger partial charge in [0.2, 0.25) is 0 Å². The minimum Gasteiger partial charge on any atom is -0.490 e. The predicted molar refractivity (Wildman–Crippen MR) is 123 cm³/mol. The maximum atomic E-state index is 14.9. The summed E-state index contributed by atoms with van der Waals surface area (Å²) in [5.74, 6) is 0.590. The molecule has 0 radical (unpaired) electrons. The van der Waals surface area contributed by atoms with Gasteiger partial charge in [-0.25, -0.2) is 4.39 Å². The van der Waals surface area contributed by atoms with Crippen molar-refractivity contribution in [3.8, 4) is 16.9 Å². The molecule has 0 amide bonds. The number of likely N-dealkylation sites (tertiary alicyclic amines) is 1. The fourth-order valence-electron chi connectivity index (χ4n) is 4.73. The lowest BCUT2D eigenvalue weighted by Crippen LogP contribution is -2.46. The van der Waals surface area contributed by atoms with Crippen molar-refractivity contribution in [2.45, 2.75) is 31.8 Å². The van der Waals surface area contributed by atoms with E-state index in [1.165, 1.54) is 6.07 Å². The first-order chi connectivity index (χ1) is 14.3. The Labute approximate surface area is 179 Å². The smallest absolute Gasteiger partial charge is 0.143 e. The van der Waals surface area contributed by atoms with Crippen LogP contribution in [-0.4, -0.2) is 56.8 Å². The van der Waals surface area contributed by atoms with E-state index in [0.717, 1.165) is 48.7 Å². The van der Waals surface area contributed by atoms with Crippen LogP contribution in [0.25, 0.3) is 11.1 Å². The van der Waals surface area contributed by atoms with Crippen molar-refractivity contribution in [2.24, 2.45) is 0 Å². The van der Waals surface area contributed by atoms with Crippen LogP contribution in [0.2, 0.25) is 0 Å². The molecule has 2 aliphatic rings. The van der Waals surface area contributed by atoms with E-state index in [9.17, 15) is 4.39 Å². The van der Waals surface area contributed by atoms with Crippen molar-refractivity contribution in [1.29, 1.82) is 0 Å². The molecule has 2 unspecified atom stereocenters. The van der Waals surface area contributed by atoms with Gasteiger partial charge in [0.05, 0.1) is 17.8 Å². The number of fused-ring (bicyclic) bond motifs is 1. The Hall–Kier alpha value is -2.53. The van der Waals surface area contributed by atoms with E-state index in [2.05, 4.69) is 55.3 Å². The number of benzene rings is 2. The summed E-state index contributed by atoms with van der Waals surface area (Å²) in [6.45, 7) is 11.9. The largest absolute Gasteiger partial charge is 0.490 e. The van der Waals surface area contributed by atoms with Gasteiger partial charge in [0, 0.05) is 43.0 Å². The van der Waals surface area contributed by atoms with E-state index < -0.39 is 0 Å². The summed E-state index contributed by atoms with van der Waals surface area (Å²) < 4.78 is 20.9. The van der Waals surface area contributed by atoms with Crippen LogP contribution in [0.3, 0.4) is 0 Å². The third kappa shape index (κ3) is 3.56. The zero-order valence-corrected chi connectivity index (χ0v) is 18.5. The fourth-order valence-corrected chi connectivity index (χ4v) is 4.73. The molecular weight excluding hydrogens is 377 g/mol. The molecule has 2 aromatic carbocycles. The standard InChI is InChI=1S/C25H32FN3O/c1-6-18(2)29-13-14-30-24-15-20(19-9-7-8-10-21(19)26)22(16-23(24)29)28(5)25(3)11-12-27(4)17-25/h6-10,15-16,18H,1,11-14,17H2,2-5H3. The molecule has 4 nitrogen and oxygen atoms in total. The van der Waals surface area contributed by atoms with Gasteiger partial charge in [-0.2, -0.15) is 0 Å². The molecule has 5 heteroatoms. The molecule has 0 N–H and O–H groups in total. The lowest BCUT2D eigenvalue weighted by molar-refractivity contribution is 0.305. The van der Waals surface area contributed by atoms with Crippen LogP contribution in [0.5, 0.6) is 5.75 Å². The Morgan fingerprint density at radius 1 is 1.23 bits per heavy atom. The monoisotopic (exact) mass is 409 g/mol. The van der Waals surface area contributed by atoms with E-state index in [1.54, 1.807) is 6.07 Å². The molecule has 2 atom stereocenters. The molecule has 0 bridgehead atoms. The van der Waals surface area contributed by atoms with Gasteiger partial charge in [0.15, 0.2) is 0 Å². The number of rotatable bonds is 5. The molecule has 0 saturated carbocycles. The Morgan fingerprint density at radius 2 is 2.00 bits per heavy atom. The quantitative estimate of drug-likeness (QED) is 0.661. The van der Waals surface area contributed by atoms with Gasteiger partial charge in [-0.3, -0.25) is 0 Å². The van der Waals surface area contributed by atoms with Crippen molar-refractivity contribution < 1.29 is 9.13 Å². The molecule has 2 aromatic rings. The molecule has 0 aliphatic carbocycles. The van der Waals surface area contributed by atoms with E-state index in [-0.39, 0.29) is 17.4 Å². The fraction of sp³-hybridized carbons (Fsp3) is 0.440. The lowest BCUT2D eigenvalue weighted by atomic mass is 9.94. The third-order valence-corrected chi connectivity index (χ3v) is 6.79. The van der Waals surface area contributed by atoms with Crippen LogP contribution in [-0.2, 0) is 0 Å². The van der Waals surface area contributed by atoms with Crippen LogP contribution >= 0.6 is 0 Å². The Bertz CT molecular complexity index is 946. The highest BCUT2D eigenvalue weighted by Gasteiger charge is 2.38. The summed E-state index contributed by atoms with van der Waals surface area (Å²) in [4.78, 5) is 7.01. The molecule has 4 rings (SSSR count). The first kappa shape index (κ1) is 20.7. The van der Waals surface area contributed by atoms with Gasteiger partial charge < -0.3 is 19.4 Å². The van der Waals surface area contributed by atoms with Gasteiger partial charge in [0.25, 0.3) is 0 Å². The summed E-state index contributed by atoms with van der Waals surface area (Å²) in [6, 6.07) is 11.4. The summed E-state index contributed by atoms with van der Waals surface area (Å²) in [5, 5.41) is 0. The molecule has 0 spiro atoms. The number of ether oxygens (including phenoxy) is 1. The molecule has 1 fully saturated rings. The SMILES string of the molecule is C=CC(C)N1CCOc2cc(-c3ccccc3F)c(N(C)C3(C)CCN(C)C3)cc21. The van der Waals surface area contributed by atoms with Crippen LogP contribution in [0.1, 0.15) is 20.3 Å². The molecule has 160 valence electrons. The Kier molecular flexibility index (Phi) is 5.49. The summed E-state index contributed by atoms with van der Waals surface area (Å²) in [5.41, 5.74) is 3.54. The maximum absolute atomic E-state index is 14.9. The zero-order chi connectivity index (χ0) is 21.5. The van der Waals surface area contributed by atoms with Crippen LogP contribution in [0, 0.1) is 5.82 Å². The average molecular weight is 410 g/mol. The van der Waals surface area contributed by atoms with Gasteiger partial charge in [0.1, 0.15) is 18.2 Å². The van der Waals surface area contributed by atoms with E-state index in [4.69, 9.17) is 4.74 Å². The van der Waals surface area contributed by atoms with Crippen molar-refractivity contribution >= 4 is 11.4 Å². The molecule has 0 aromatic heterocycles. The maximum Gasteiger partial charge on any atom is 0.143 e. The van der Waals surface area contributed by atoms with E-state index in [0.29, 0.717) is 12.2 Å². The number of nitrogens with zero attached hydrogens (tertiary/aromatic N) is 3. The summed E-state index contributed by atoms with van der Waals surface area (Å²) in [6.07, 6.45) is 3.02. The third-order valence-electron chi connectivity index (χ3n) is 6.79. The van der Waals surface area contributed by atoms with Crippen molar-refractivity contribution in [3.05, 3.63) is 54.9 Å². The second-order valence-corrected chi connectivity index (χ2v) is 8.88. The predicted octanol–water partition coefficient (Wildman–Crippen LogP) is 4.80. The van der Waals surface area contributed by atoms with Crippen LogP contribution in [0.4, 0.5) is 15.8 Å². The average Bonchev–Trinajstić information content (AvgIpc) is 3.11. The van der Waals surface area contributed by atoms with E-state index >= 15 is 0 Å². The number of likely N-dealkylation sites (N-methyl/N-ethyl adjacent to an activating group) is 2. The van der Waals surface area contributed by atoms with Gasteiger partial charge in [-0.1, -0.05) is 24.3 Å². The molecule has 1 saturated heterocycles. The van der Waals surface area contributed by atoms with Crippen LogP contribution in [0.15, 0.2) is 49.1 Å². The molecule has 30 heavy (non-hydrogen) atoms. The number of anilines is 2. The lowest BCUT2D eigenvalue weighted by Gasteiger charge is -2.41. The second-order valence-electron chi connectivity index (χ2n) is 8.88. The Morgan fingerprint density at radius 3 is 2.67 bits per heavy atom. The van der Waals surface area contributed by atoms with Crippen molar-refractivity contribution in [1.82, 2.24) is 4.90 Å². The van der Waals surface area contributed by atoms with E-state index in [1.807, 2.05) is 24.3 Å². The van der Waals surface area contributed by atoms with Gasteiger partial charge >= 0.3 is 0 Å². The minimum atomic E-state index is -0.215. The first-order valence-corrected chi connectivity index (χ1v) is 10.7. The van der Waals surface area contributed by atoms with Crippen LogP contribution < -0.4 is 14.5 Å². The number of halogens is 1. The number of hydrogen-bond donors (Lipinski definition) is 0.